The van der Waals surface area contributed by atoms with E-state index in [1.54, 1.807) is 0 Å². The Labute approximate surface area is 152 Å². The summed E-state index contributed by atoms with van der Waals surface area (Å²) in [6.45, 7) is 4.55. The third-order valence-electron chi connectivity index (χ3n) is 5.09. The average Bonchev–Trinajstić information content (AvgIpc) is 3.04. The van der Waals surface area contributed by atoms with E-state index in [1.165, 1.54) is 5.56 Å². The van der Waals surface area contributed by atoms with Gasteiger partial charge in [0.2, 0.25) is 5.91 Å². The van der Waals surface area contributed by atoms with Gasteiger partial charge in [-0.3, -0.25) is 9.48 Å². The number of rotatable bonds is 4. The highest BCUT2D eigenvalue weighted by Gasteiger charge is 2.23. The average molecular weight is 349 g/mol. The van der Waals surface area contributed by atoms with Crippen molar-refractivity contribution in [2.24, 2.45) is 0 Å². The monoisotopic (exact) mass is 349 g/mol. The van der Waals surface area contributed by atoms with Crippen LogP contribution in [-0.4, -0.2) is 25.7 Å². The predicted octanol–water partition coefficient (Wildman–Crippen LogP) is 3.03. The molecule has 0 spiro atoms. The fraction of sp³-hybridized carbons (Fsp3) is 0.400. The lowest BCUT2D eigenvalue weighted by Crippen LogP contribution is -2.32. The summed E-state index contributed by atoms with van der Waals surface area (Å²) in [6.07, 6.45) is 7.09. The SMILES string of the molecule is Cc1ncc2c(n1)CCC[C@@H]2NC(=O)CCn1ncc2c(C)cccc21. The van der Waals surface area contributed by atoms with Gasteiger partial charge in [0.25, 0.3) is 0 Å². The molecular formula is C20H23N5O. The van der Waals surface area contributed by atoms with Gasteiger partial charge in [0.15, 0.2) is 0 Å². The van der Waals surface area contributed by atoms with Crippen LogP contribution < -0.4 is 5.32 Å². The van der Waals surface area contributed by atoms with Crippen molar-refractivity contribution in [1.29, 1.82) is 0 Å². The molecule has 1 amide bonds. The van der Waals surface area contributed by atoms with E-state index in [-0.39, 0.29) is 11.9 Å². The summed E-state index contributed by atoms with van der Waals surface area (Å²) in [6, 6.07) is 6.16. The fourth-order valence-electron chi connectivity index (χ4n) is 3.70. The van der Waals surface area contributed by atoms with E-state index in [9.17, 15) is 4.79 Å². The first-order valence-corrected chi connectivity index (χ1v) is 9.15. The molecular weight excluding hydrogens is 326 g/mol. The van der Waals surface area contributed by atoms with Gasteiger partial charge in [-0.1, -0.05) is 12.1 Å². The Morgan fingerprint density at radius 1 is 1.31 bits per heavy atom. The summed E-state index contributed by atoms with van der Waals surface area (Å²) in [4.78, 5) is 21.3. The molecule has 1 atom stereocenters. The number of carbonyl (C=O) groups is 1. The van der Waals surface area contributed by atoms with Crippen molar-refractivity contribution in [2.45, 2.75) is 52.1 Å². The van der Waals surface area contributed by atoms with Crippen molar-refractivity contribution < 1.29 is 4.79 Å². The fourth-order valence-corrected chi connectivity index (χ4v) is 3.70. The molecule has 3 aromatic rings. The lowest BCUT2D eigenvalue weighted by Gasteiger charge is -2.25. The van der Waals surface area contributed by atoms with Crippen LogP contribution >= 0.6 is 0 Å². The number of carbonyl (C=O) groups excluding carboxylic acids is 1. The quantitative estimate of drug-likeness (QED) is 0.786. The minimum absolute atomic E-state index is 0.0171. The second-order valence-corrected chi connectivity index (χ2v) is 6.96. The lowest BCUT2D eigenvalue weighted by molar-refractivity contribution is -0.122. The van der Waals surface area contributed by atoms with Crippen LogP contribution in [-0.2, 0) is 17.8 Å². The highest BCUT2D eigenvalue weighted by molar-refractivity contribution is 5.82. The van der Waals surface area contributed by atoms with Gasteiger partial charge in [-0.2, -0.15) is 5.10 Å². The van der Waals surface area contributed by atoms with Crippen molar-refractivity contribution in [2.75, 3.05) is 0 Å². The van der Waals surface area contributed by atoms with Crippen LogP contribution in [0.4, 0.5) is 0 Å². The first kappa shape index (κ1) is 16.7. The van der Waals surface area contributed by atoms with Crippen LogP contribution in [0.3, 0.4) is 0 Å². The van der Waals surface area contributed by atoms with Crippen molar-refractivity contribution in [3.8, 4) is 0 Å². The highest BCUT2D eigenvalue weighted by Crippen LogP contribution is 2.28. The summed E-state index contributed by atoms with van der Waals surface area (Å²) >= 11 is 0. The largest absolute Gasteiger partial charge is 0.349 e. The number of amides is 1. The first-order chi connectivity index (χ1) is 12.6. The van der Waals surface area contributed by atoms with E-state index < -0.39 is 0 Å². The summed E-state index contributed by atoms with van der Waals surface area (Å²) in [5.41, 5.74) is 4.41. The molecule has 0 saturated carbocycles. The van der Waals surface area contributed by atoms with E-state index in [4.69, 9.17) is 0 Å². The molecule has 6 nitrogen and oxygen atoms in total. The van der Waals surface area contributed by atoms with E-state index in [0.717, 1.165) is 47.2 Å². The Bertz CT molecular complexity index is 962. The van der Waals surface area contributed by atoms with Crippen molar-refractivity contribution >= 4 is 16.8 Å². The molecule has 0 bridgehead atoms. The third kappa shape index (κ3) is 3.19. The number of nitrogens with zero attached hydrogens (tertiary/aromatic N) is 4. The molecule has 1 aliphatic rings. The molecule has 1 aromatic carbocycles. The maximum Gasteiger partial charge on any atom is 0.222 e. The van der Waals surface area contributed by atoms with Crippen LogP contribution in [0.5, 0.6) is 0 Å². The standard InChI is InChI=1S/C20H23N5O/c1-13-5-3-8-19-15(13)12-22-25(19)10-9-20(26)24-18-7-4-6-17-16(18)11-21-14(2)23-17/h3,5,8,11-12,18H,4,6-7,9-10H2,1-2H3,(H,24,26)/t18-/m0/s1. The minimum atomic E-state index is 0.0171. The van der Waals surface area contributed by atoms with Gasteiger partial charge >= 0.3 is 0 Å². The van der Waals surface area contributed by atoms with Gasteiger partial charge in [0.1, 0.15) is 5.82 Å². The van der Waals surface area contributed by atoms with E-state index in [1.807, 2.05) is 36.1 Å². The molecule has 0 unspecified atom stereocenters. The van der Waals surface area contributed by atoms with E-state index >= 15 is 0 Å². The highest BCUT2D eigenvalue weighted by atomic mass is 16.1. The maximum absolute atomic E-state index is 12.5. The number of aromatic nitrogens is 4. The number of hydrogen-bond acceptors (Lipinski definition) is 4. The van der Waals surface area contributed by atoms with Crippen LogP contribution in [0.15, 0.2) is 30.6 Å². The Morgan fingerprint density at radius 2 is 2.19 bits per heavy atom. The van der Waals surface area contributed by atoms with Gasteiger partial charge < -0.3 is 5.32 Å². The zero-order valence-corrected chi connectivity index (χ0v) is 15.2. The van der Waals surface area contributed by atoms with Gasteiger partial charge in [-0.25, -0.2) is 9.97 Å². The molecule has 2 heterocycles. The zero-order valence-electron chi connectivity index (χ0n) is 15.2. The lowest BCUT2D eigenvalue weighted by atomic mass is 9.92. The topological polar surface area (TPSA) is 72.7 Å². The number of fused-ring (bicyclic) bond motifs is 2. The van der Waals surface area contributed by atoms with Crippen molar-refractivity contribution in [3.63, 3.8) is 0 Å². The molecule has 0 aliphatic heterocycles. The van der Waals surface area contributed by atoms with E-state index in [0.29, 0.717) is 13.0 Å². The molecule has 1 N–H and O–H groups in total. The van der Waals surface area contributed by atoms with Gasteiger partial charge in [-0.05, 0) is 44.7 Å². The van der Waals surface area contributed by atoms with Gasteiger partial charge in [0.05, 0.1) is 24.3 Å². The Balaban J connectivity index is 1.43. The van der Waals surface area contributed by atoms with Crippen molar-refractivity contribution in [1.82, 2.24) is 25.1 Å². The third-order valence-corrected chi connectivity index (χ3v) is 5.09. The first-order valence-electron chi connectivity index (χ1n) is 9.15. The molecule has 26 heavy (non-hydrogen) atoms. The zero-order chi connectivity index (χ0) is 18.1. The minimum Gasteiger partial charge on any atom is -0.349 e. The molecule has 1 aliphatic carbocycles. The predicted molar refractivity (Wildman–Crippen MR) is 99.7 cm³/mol. The molecule has 0 fully saturated rings. The summed E-state index contributed by atoms with van der Waals surface area (Å²) in [5, 5.41) is 8.73. The molecule has 0 saturated heterocycles. The number of hydrogen-bond donors (Lipinski definition) is 1. The maximum atomic E-state index is 12.5. The number of aryl methyl sites for hydroxylation is 4. The molecule has 0 radical (unpaired) electrons. The Morgan fingerprint density at radius 3 is 3.08 bits per heavy atom. The van der Waals surface area contributed by atoms with Gasteiger partial charge in [-0.15, -0.1) is 0 Å². The smallest absolute Gasteiger partial charge is 0.222 e. The molecule has 2 aromatic heterocycles. The molecule has 6 heteroatoms. The normalized spacial score (nSPS) is 16.5. The van der Waals surface area contributed by atoms with Crippen molar-refractivity contribution in [3.05, 3.63) is 53.2 Å². The second-order valence-electron chi connectivity index (χ2n) is 6.96. The number of benzene rings is 1. The molecule has 4 rings (SSSR count). The molecule has 134 valence electrons. The summed E-state index contributed by atoms with van der Waals surface area (Å²) in [7, 11) is 0. The van der Waals surface area contributed by atoms with Crippen LogP contribution in [0.2, 0.25) is 0 Å². The Hall–Kier alpha value is -2.76. The van der Waals surface area contributed by atoms with Crippen LogP contribution in [0, 0.1) is 13.8 Å². The Kier molecular flexibility index (Phi) is 4.41. The van der Waals surface area contributed by atoms with Crippen LogP contribution in [0.25, 0.3) is 10.9 Å². The second kappa shape index (κ2) is 6.86. The summed E-state index contributed by atoms with van der Waals surface area (Å²) < 4.78 is 1.91. The number of nitrogens with one attached hydrogen (secondary N) is 1. The van der Waals surface area contributed by atoms with E-state index in [2.05, 4.69) is 33.4 Å². The summed E-state index contributed by atoms with van der Waals surface area (Å²) in [5.74, 6) is 0.830. The van der Waals surface area contributed by atoms with Gasteiger partial charge in [0, 0.05) is 29.3 Å². The van der Waals surface area contributed by atoms with Crippen LogP contribution in [0.1, 0.15) is 47.9 Å².